The van der Waals surface area contributed by atoms with Crippen LogP contribution in [0.4, 0.5) is 0 Å². The fourth-order valence-electron chi connectivity index (χ4n) is 5.64. The number of carbonyl (C=O) groups is 8. The molecular weight excluding hydrogens is 712 g/mol. The summed E-state index contributed by atoms with van der Waals surface area (Å²) in [5.74, 6) is -7.77. The van der Waals surface area contributed by atoms with Gasteiger partial charge in [0, 0.05) is 13.0 Å². The molecule has 1 saturated heterocycles. The molecule has 1 aromatic rings. The molecule has 0 aliphatic carbocycles. The van der Waals surface area contributed by atoms with Crippen LogP contribution in [0.3, 0.4) is 0 Å². The Balaban J connectivity index is 2.28. The van der Waals surface area contributed by atoms with Crippen molar-refractivity contribution in [2.24, 2.45) is 17.4 Å². The zero-order valence-corrected chi connectivity index (χ0v) is 30.6. The molecule has 1 aliphatic rings. The third kappa shape index (κ3) is 13.6. The van der Waals surface area contributed by atoms with Gasteiger partial charge in [0.05, 0.1) is 25.2 Å². The van der Waals surface area contributed by atoms with Crippen molar-refractivity contribution < 1.29 is 58.8 Å². The third-order valence-electron chi connectivity index (χ3n) is 8.54. The number of aliphatic hydroxyl groups is 2. The Morgan fingerprint density at radius 3 is 1.96 bits per heavy atom. The summed E-state index contributed by atoms with van der Waals surface area (Å²) < 4.78 is 0. The Kier molecular flexibility index (Phi) is 17.2. The molecule has 0 unspecified atom stereocenters. The van der Waals surface area contributed by atoms with Crippen molar-refractivity contribution in [3.8, 4) is 5.75 Å². The van der Waals surface area contributed by atoms with Gasteiger partial charge in [0.1, 0.15) is 42.0 Å². The molecule has 1 aromatic carbocycles. The van der Waals surface area contributed by atoms with Gasteiger partial charge in [0.2, 0.25) is 41.4 Å². The third-order valence-corrected chi connectivity index (χ3v) is 8.54. The maximum atomic E-state index is 13.9. The van der Waals surface area contributed by atoms with Crippen molar-refractivity contribution in [3.63, 3.8) is 0 Å². The molecule has 0 radical (unpaired) electrons. The second-order valence-corrected chi connectivity index (χ2v) is 13.6. The maximum Gasteiger partial charge on any atom is 0.328 e. The summed E-state index contributed by atoms with van der Waals surface area (Å²) in [4.78, 5) is 104. The lowest BCUT2D eigenvalue weighted by atomic mass is 10.0. The number of aliphatic carboxylic acids is 1. The fraction of sp³-hybridized carbons (Fsp3) is 0.588. The second kappa shape index (κ2) is 20.8. The molecule has 20 nitrogen and oxygen atoms in total. The van der Waals surface area contributed by atoms with Crippen LogP contribution in [0.15, 0.2) is 24.3 Å². The number of aliphatic hydroxyl groups excluding tert-OH is 2. The number of nitrogens with two attached hydrogens (primary N) is 2. The van der Waals surface area contributed by atoms with Gasteiger partial charge < -0.3 is 63.4 Å². The number of carboxylic acids is 1. The van der Waals surface area contributed by atoms with Crippen molar-refractivity contribution in [2.75, 3.05) is 13.2 Å². The Morgan fingerprint density at radius 2 is 1.43 bits per heavy atom. The lowest BCUT2D eigenvalue weighted by Gasteiger charge is -2.32. The van der Waals surface area contributed by atoms with Crippen LogP contribution in [-0.2, 0) is 44.8 Å². The van der Waals surface area contributed by atoms with Crippen LogP contribution < -0.4 is 38.1 Å². The molecule has 20 heteroatoms. The number of nitrogens with one attached hydrogen (secondary N) is 5. The summed E-state index contributed by atoms with van der Waals surface area (Å²) in [6, 6.07) is -4.00. The van der Waals surface area contributed by atoms with Gasteiger partial charge in [0.15, 0.2) is 0 Å². The number of benzene rings is 1. The number of carboxylic acid groups (broad SMARTS) is 1. The number of amides is 7. The molecule has 8 atom stereocenters. The number of carbonyl (C=O) groups excluding carboxylic acids is 7. The summed E-state index contributed by atoms with van der Waals surface area (Å²) in [6.45, 7) is 5.36. The zero-order chi connectivity index (χ0) is 40.9. The van der Waals surface area contributed by atoms with Crippen LogP contribution in [0.25, 0.3) is 0 Å². The minimum Gasteiger partial charge on any atom is -0.508 e. The van der Waals surface area contributed by atoms with Gasteiger partial charge in [-0.3, -0.25) is 33.6 Å². The van der Waals surface area contributed by atoms with Gasteiger partial charge >= 0.3 is 5.97 Å². The monoisotopic (exact) mass is 764 g/mol. The van der Waals surface area contributed by atoms with Crippen LogP contribution >= 0.6 is 0 Å². The predicted molar refractivity (Wildman–Crippen MR) is 190 cm³/mol. The van der Waals surface area contributed by atoms with E-state index in [4.69, 9.17) is 16.6 Å². The van der Waals surface area contributed by atoms with Gasteiger partial charge in [-0.25, -0.2) is 4.79 Å². The molecule has 300 valence electrons. The van der Waals surface area contributed by atoms with Crippen molar-refractivity contribution in [3.05, 3.63) is 29.8 Å². The summed E-state index contributed by atoms with van der Waals surface area (Å²) in [7, 11) is 0. The fourth-order valence-corrected chi connectivity index (χ4v) is 5.64. The lowest BCUT2D eigenvalue weighted by molar-refractivity contribution is -0.145. The minimum atomic E-state index is -1.75. The first-order chi connectivity index (χ1) is 25.2. The highest BCUT2D eigenvalue weighted by molar-refractivity contribution is 5.98. The van der Waals surface area contributed by atoms with Gasteiger partial charge in [-0.15, -0.1) is 0 Å². The van der Waals surface area contributed by atoms with E-state index in [1.165, 1.54) is 38.1 Å². The van der Waals surface area contributed by atoms with Crippen LogP contribution in [0, 0.1) is 5.92 Å². The van der Waals surface area contributed by atoms with Gasteiger partial charge in [-0.1, -0.05) is 26.0 Å². The highest BCUT2D eigenvalue weighted by Gasteiger charge is 2.41. The first kappa shape index (κ1) is 44.8. The molecule has 1 fully saturated rings. The summed E-state index contributed by atoms with van der Waals surface area (Å²) in [5, 5.41) is 50.6. The van der Waals surface area contributed by atoms with Gasteiger partial charge in [-0.2, -0.15) is 0 Å². The maximum absolute atomic E-state index is 13.9. The number of rotatable bonds is 20. The predicted octanol–water partition coefficient (Wildman–Crippen LogP) is -3.92. The highest BCUT2D eigenvalue weighted by Crippen LogP contribution is 2.20. The van der Waals surface area contributed by atoms with Crippen LogP contribution in [0.5, 0.6) is 5.75 Å². The van der Waals surface area contributed by atoms with Gasteiger partial charge in [-0.05, 0) is 56.7 Å². The van der Waals surface area contributed by atoms with E-state index in [9.17, 15) is 53.7 Å². The number of phenolic OH excluding ortho intramolecular Hbond substituents is 1. The van der Waals surface area contributed by atoms with Crippen LogP contribution in [0.1, 0.15) is 58.9 Å². The van der Waals surface area contributed by atoms with E-state index >= 15 is 0 Å². The molecule has 1 aliphatic heterocycles. The second-order valence-electron chi connectivity index (χ2n) is 13.6. The van der Waals surface area contributed by atoms with E-state index in [1.54, 1.807) is 0 Å². The number of nitrogens with zero attached hydrogens (tertiary/aromatic N) is 1. The number of likely N-dealkylation sites (tertiary alicyclic amines) is 1. The van der Waals surface area contributed by atoms with E-state index in [1.807, 2.05) is 19.2 Å². The highest BCUT2D eigenvalue weighted by atomic mass is 16.4. The van der Waals surface area contributed by atoms with Crippen molar-refractivity contribution >= 4 is 47.3 Å². The Labute approximate surface area is 311 Å². The minimum absolute atomic E-state index is 0.0157. The average molecular weight is 765 g/mol. The smallest absolute Gasteiger partial charge is 0.328 e. The Bertz CT molecular complexity index is 1520. The molecule has 0 saturated carbocycles. The number of primary amides is 1. The van der Waals surface area contributed by atoms with E-state index < -0.39 is 109 Å². The quantitative estimate of drug-likeness (QED) is 0.0605. The number of aromatic hydroxyl groups is 1. The largest absolute Gasteiger partial charge is 0.508 e. The molecular formula is C34H52N8O12. The summed E-state index contributed by atoms with van der Waals surface area (Å²) in [6.07, 6.45) is -1.71. The van der Waals surface area contributed by atoms with Crippen LogP contribution in [0.2, 0.25) is 0 Å². The molecule has 13 N–H and O–H groups in total. The van der Waals surface area contributed by atoms with Crippen molar-refractivity contribution in [1.29, 1.82) is 0 Å². The normalized spacial score (nSPS) is 17.9. The molecule has 54 heavy (non-hydrogen) atoms. The Hall–Kier alpha value is -5.34. The van der Waals surface area contributed by atoms with Gasteiger partial charge in [0.25, 0.3) is 0 Å². The van der Waals surface area contributed by atoms with Crippen molar-refractivity contribution in [1.82, 2.24) is 31.5 Å². The average Bonchev–Trinajstić information content (AvgIpc) is 3.59. The SMILES string of the molecule is CC(C)C[C@H](N)C(=O)N[C@@H](C)C(=O)N[C@@H](Cc1ccc(O)cc1)C(=O)N[C@H](C(=O)N1CCC[C@H]1C(=O)N[C@@H](CC(N)=O)C(=O)N[C@@H](CO)C(=O)O)[C@@H](C)O. The molecule has 1 heterocycles. The zero-order valence-electron chi connectivity index (χ0n) is 30.6. The number of hydrogen-bond donors (Lipinski definition) is 11. The molecule has 2 rings (SSSR count). The van der Waals surface area contributed by atoms with Crippen molar-refractivity contribution in [2.45, 2.75) is 108 Å². The molecule has 7 amide bonds. The lowest BCUT2D eigenvalue weighted by Crippen LogP contribution is -2.61. The van der Waals surface area contributed by atoms with E-state index in [0.29, 0.717) is 12.0 Å². The number of hydrogen-bond acceptors (Lipinski definition) is 12. The van der Waals surface area contributed by atoms with E-state index in [0.717, 1.165) is 4.90 Å². The van der Waals surface area contributed by atoms with E-state index in [2.05, 4.69) is 21.3 Å². The summed E-state index contributed by atoms with van der Waals surface area (Å²) in [5.41, 5.74) is 11.6. The first-order valence-corrected chi connectivity index (χ1v) is 17.4. The molecule has 0 spiro atoms. The number of phenols is 1. The molecule has 0 bridgehead atoms. The summed E-state index contributed by atoms with van der Waals surface area (Å²) >= 11 is 0. The van der Waals surface area contributed by atoms with Crippen LogP contribution in [-0.4, -0.2) is 134 Å². The standard InChI is InChI=1S/C34H52N8O12/c1-16(2)12-21(35)29(48)37-17(3)28(47)38-22(13-19-7-9-20(45)10-8-19)31(50)41-27(18(4)44)33(52)42-11-5-6-25(42)32(51)39-23(14-26(36)46)30(49)40-24(15-43)34(53)54/h7-10,16-18,21-25,27,43-45H,5-6,11-15,35H2,1-4H3,(H2,36,46)(H,37,48)(H,38,47)(H,39,51)(H,40,49)(H,41,50)(H,53,54)/t17-,18+,21-,22-,23-,24-,25-,27-/m0/s1. The topological polar surface area (TPSA) is 333 Å². The first-order valence-electron chi connectivity index (χ1n) is 17.4. The Morgan fingerprint density at radius 1 is 0.833 bits per heavy atom. The van der Waals surface area contributed by atoms with E-state index in [-0.39, 0.29) is 37.5 Å². The molecule has 0 aromatic heterocycles.